The number of rotatable bonds is 5. The van der Waals surface area contributed by atoms with Crippen molar-refractivity contribution < 1.29 is 14.7 Å². The first-order chi connectivity index (χ1) is 14.0. The smallest absolute Gasteiger partial charge is 0.337 e. The van der Waals surface area contributed by atoms with Crippen LogP contribution in [0.4, 0.5) is 0 Å². The van der Waals surface area contributed by atoms with Gasteiger partial charge in [0.2, 0.25) is 0 Å². The molecule has 0 aliphatic heterocycles. The fourth-order valence-electron chi connectivity index (χ4n) is 3.34. The molecule has 0 radical (unpaired) electrons. The van der Waals surface area contributed by atoms with Gasteiger partial charge in [-0.1, -0.05) is 47.6 Å². The molecular weight excluding hydrogens is 366 g/mol. The third-order valence-electron chi connectivity index (χ3n) is 4.68. The predicted molar refractivity (Wildman–Crippen MR) is 113 cm³/mol. The van der Waals surface area contributed by atoms with Gasteiger partial charge < -0.3 is 14.9 Å². The number of benzene rings is 3. The van der Waals surface area contributed by atoms with Crippen molar-refractivity contribution in [1.29, 1.82) is 0 Å². The van der Waals surface area contributed by atoms with Gasteiger partial charge in [-0.25, -0.2) is 9.78 Å². The van der Waals surface area contributed by atoms with Crippen molar-refractivity contribution in [2.45, 2.75) is 6.92 Å². The topological polar surface area (TPSA) is 87.6 Å². The first-order valence-electron chi connectivity index (χ1n) is 9.06. The molecule has 0 amide bonds. The normalized spacial score (nSPS) is 11.2. The van der Waals surface area contributed by atoms with Crippen LogP contribution in [-0.2, 0) is 4.84 Å². The maximum absolute atomic E-state index is 11.7. The molecule has 0 aliphatic rings. The zero-order chi connectivity index (χ0) is 20.4. The Hall–Kier alpha value is -3.93. The van der Waals surface area contributed by atoms with Gasteiger partial charge in [-0.3, -0.25) is 0 Å². The third-order valence-corrected chi connectivity index (χ3v) is 4.68. The second-order valence-electron chi connectivity index (χ2n) is 6.67. The fraction of sp³-hybridized carbons (Fsp3) is 0.0870. The number of aromatic nitrogens is 2. The number of H-pyrrole nitrogens is 1. The number of carboxylic acid groups (broad SMARTS) is 1. The van der Waals surface area contributed by atoms with Gasteiger partial charge in [-0.15, -0.1) is 0 Å². The van der Waals surface area contributed by atoms with Crippen molar-refractivity contribution >= 4 is 23.2 Å². The Kier molecular flexibility index (Phi) is 4.83. The summed E-state index contributed by atoms with van der Waals surface area (Å²) < 4.78 is 0. The number of aryl methyl sites for hydroxylation is 1. The second-order valence-corrected chi connectivity index (χ2v) is 6.67. The highest BCUT2D eigenvalue weighted by atomic mass is 16.6. The summed E-state index contributed by atoms with van der Waals surface area (Å²) >= 11 is 0. The SMILES string of the molecule is CO/N=C/c1cccc(-c2ccc(-c3cc(C(=O)O)c4nc(C)[nH]c4c3)cc2)c1. The molecule has 6 nitrogen and oxygen atoms in total. The quantitative estimate of drug-likeness (QED) is 0.378. The molecule has 0 saturated carbocycles. The summed E-state index contributed by atoms with van der Waals surface area (Å²) in [6.07, 6.45) is 1.66. The zero-order valence-electron chi connectivity index (χ0n) is 16.0. The number of nitrogens with zero attached hydrogens (tertiary/aromatic N) is 2. The van der Waals surface area contributed by atoms with Crippen molar-refractivity contribution in [2.75, 3.05) is 7.11 Å². The van der Waals surface area contributed by atoms with Gasteiger partial charge in [0.05, 0.1) is 17.3 Å². The molecule has 0 unspecified atom stereocenters. The van der Waals surface area contributed by atoms with Crippen LogP contribution in [0.15, 0.2) is 65.8 Å². The number of oxime groups is 1. The molecule has 0 bridgehead atoms. The Morgan fingerprint density at radius 1 is 1.03 bits per heavy atom. The minimum Gasteiger partial charge on any atom is -0.478 e. The monoisotopic (exact) mass is 385 g/mol. The summed E-state index contributed by atoms with van der Waals surface area (Å²) in [7, 11) is 1.51. The van der Waals surface area contributed by atoms with Crippen LogP contribution >= 0.6 is 0 Å². The summed E-state index contributed by atoms with van der Waals surface area (Å²) in [5.41, 5.74) is 6.20. The van der Waals surface area contributed by atoms with Crippen LogP contribution in [-0.4, -0.2) is 34.4 Å². The summed E-state index contributed by atoms with van der Waals surface area (Å²) in [6.45, 7) is 1.81. The molecule has 144 valence electrons. The van der Waals surface area contributed by atoms with Gasteiger partial charge in [0.1, 0.15) is 18.5 Å². The summed E-state index contributed by atoms with van der Waals surface area (Å²) in [5.74, 6) is -0.304. The van der Waals surface area contributed by atoms with E-state index < -0.39 is 5.97 Å². The molecule has 4 rings (SSSR count). The number of aromatic carboxylic acids is 1. The number of hydrogen-bond donors (Lipinski definition) is 2. The zero-order valence-corrected chi connectivity index (χ0v) is 16.0. The molecule has 2 N–H and O–H groups in total. The van der Waals surface area contributed by atoms with Crippen LogP contribution in [0.5, 0.6) is 0 Å². The second kappa shape index (κ2) is 7.59. The first-order valence-corrected chi connectivity index (χ1v) is 9.06. The van der Waals surface area contributed by atoms with E-state index in [0.29, 0.717) is 16.9 Å². The van der Waals surface area contributed by atoms with Crippen LogP contribution in [0, 0.1) is 6.92 Å². The number of hydrogen-bond acceptors (Lipinski definition) is 4. The van der Waals surface area contributed by atoms with Crippen molar-refractivity contribution in [1.82, 2.24) is 9.97 Å². The average molecular weight is 385 g/mol. The Morgan fingerprint density at radius 2 is 1.76 bits per heavy atom. The van der Waals surface area contributed by atoms with Crippen molar-refractivity contribution in [2.24, 2.45) is 5.16 Å². The van der Waals surface area contributed by atoms with Crippen LogP contribution in [0.2, 0.25) is 0 Å². The molecule has 0 aliphatic carbocycles. The Labute approximate surface area is 167 Å². The van der Waals surface area contributed by atoms with Gasteiger partial charge in [0, 0.05) is 0 Å². The minimum atomic E-state index is -0.991. The highest BCUT2D eigenvalue weighted by molar-refractivity contribution is 6.03. The molecule has 0 atom stereocenters. The molecule has 0 fully saturated rings. The molecule has 1 aromatic heterocycles. The van der Waals surface area contributed by atoms with Gasteiger partial charge in [0.25, 0.3) is 0 Å². The van der Waals surface area contributed by atoms with Crippen LogP contribution < -0.4 is 0 Å². The van der Waals surface area contributed by atoms with Crippen molar-refractivity contribution in [3.8, 4) is 22.3 Å². The number of imidazole rings is 1. The van der Waals surface area contributed by atoms with Crippen molar-refractivity contribution in [3.63, 3.8) is 0 Å². The lowest BCUT2D eigenvalue weighted by molar-refractivity contribution is 0.0699. The molecule has 6 heteroatoms. The molecule has 0 saturated heterocycles. The van der Waals surface area contributed by atoms with E-state index in [9.17, 15) is 9.90 Å². The molecule has 1 heterocycles. The molecular formula is C23H19N3O3. The highest BCUT2D eigenvalue weighted by Crippen LogP contribution is 2.29. The Bertz CT molecular complexity index is 1220. The molecule has 4 aromatic rings. The maximum Gasteiger partial charge on any atom is 0.337 e. The summed E-state index contributed by atoms with van der Waals surface area (Å²) in [5, 5.41) is 13.4. The molecule has 29 heavy (non-hydrogen) atoms. The van der Waals surface area contributed by atoms with E-state index in [2.05, 4.69) is 15.1 Å². The summed E-state index contributed by atoms with van der Waals surface area (Å²) in [4.78, 5) is 23.8. The number of nitrogens with one attached hydrogen (secondary N) is 1. The maximum atomic E-state index is 11.7. The van der Waals surface area contributed by atoms with Gasteiger partial charge >= 0.3 is 5.97 Å². The Balaban J connectivity index is 1.71. The number of carboxylic acids is 1. The van der Waals surface area contributed by atoms with Gasteiger partial charge in [-0.05, 0) is 52.9 Å². The average Bonchev–Trinajstić information content (AvgIpc) is 3.11. The molecule has 0 spiro atoms. The number of fused-ring (bicyclic) bond motifs is 1. The van der Waals surface area contributed by atoms with E-state index in [1.807, 2.05) is 61.5 Å². The van der Waals surface area contributed by atoms with Crippen LogP contribution in [0.25, 0.3) is 33.3 Å². The van der Waals surface area contributed by atoms with Crippen LogP contribution in [0.3, 0.4) is 0 Å². The lowest BCUT2D eigenvalue weighted by atomic mass is 9.98. The largest absolute Gasteiger partial charge is 0.478 e. The number of aromatic amines is 1. The Morgan fingerprint density at radius 3 is 2.45 bits per heavy atom. The van der Waals surface area contributed by atoms with E-state index in [1.54, 1.807) is 12.3 Å². The lowest BCUT2D eigenvalue weighted by Gasteiger charge is -2.07. The van der Waals surface area contributed by atoms with Crippen LogP contribution in [0.1, 0.15) is 21.7 Å². The molecule has 3 aromatic carbocycles. The van der Waals surface area contributed by atoms with E-state index in [0.717, 1.165) is 27.8 Å². The predicted octanol–water partition coefficient (Wildman–Crippen LogP) is 4.88. The lowest BCUT2D eigenvalue weighted by Crippen LogP contribution is -1.98. The first kappa shape index (κ1) is 18.4. The highest BCUT2D eigenvalue weighted by Gasteiger charge is 2.14. The van der Waals surface area contributed by atoms with Crippen molar-refractivity contribution in [3.05, 3.63) is 77.6 Å². The van der Waals surface area contributed by atoms with Gasteiger partial charge in [-0.2, -0.15) is 0 Å². The fourth-order valence-corrected chi connectivity index (χ4v) is 3.34. The van der Waals surface area contributed by atoms with E-state index in [4.69, 9.17) is 4.84 Å². The van der Waals surface area contributed by atoms with E-state index in [-0.39, 0.29) is 5.56 Å². The number of carbonyl (C=O) groups is 1. The third kappa shape index (κ3) is 3.73. The van der Waals surface area contributed by atoms with E-state index in [1.165, 1.54) is 7.11 Å². The van der Waals surface area contributed by atoms with E-state index >= 15 is 0 Å². The standard InChI is InChI=1S/C23H19N3O3/c1-14-25-21-12-19(11-20(23(27)28)22(21)26-14)17-8-6-16(7-9-17)18-5-3-4-15(10-18)13-24-29-2/h3-13H,1-2H3,(H,25,26)(H,27,28)/b24-13+. The minimum absolute atomic E-state index is 0.191. The summed E-state index contributed by atoms with van der Waals surface area (Å²) in [6, 6.07) is 19.6. The van der Waals surface area contributed by atoms with Gasteiger partial charge in [0.15, 0.2) is 0 Å².